The zero-order chi connectivity index (χ0) is 21.3. The molecule has 0 atom stereocenters. The van der Waals surface area contributed by atoms with Crippen molar-refractivity contribution in [2.45, 2.75) is 20.4 Å². The minimum absolute atomic E-state index is 0.344. The Morgan fingerprint density at radius 1 is 1.03 bits per heavy atom. The van der Waals surface area contributed by atoms with Crippen LogP contribution in [0.25, 0.3) is 22.8 Å². The maximum Gasteiger partial charge on any atom is 0.258 e. The number of ether oxygens (including phenoxy) is 2. The summed E-state index contributed by atoms with van der Waals surface area (Å²) < 4.78 is 18.1. The van der Waals surface area contributed by atoms with Gasteiger partial charge in [-0.05, 0) is 43.7 Å². The van der Waals surface area contributed by atoms with Crippen LogP contribution in [0.5, 0.6) is 11.5 Å². The third-order valence-electron chi connectivity index (χ3n) is 4.73. The van der Waals surface area contributed by atoms with Gasteiger partial charge in [0.05, 0.1) is 31.5 Å². The van der Waals surface area contributed by atoms with Crippen molar-refractivity contribution >= 4 is 11.6 Å². The highest BCUT2D eigenvalue weighted by Crippen LogP contribution is 2.39. The van der Waals surface area contributed by atoms with Crippen LogP contribution < -0.4 is 9.47 Å². The van der Waals surface area contributed by atoms with E-state index in [0.717, 1.165) is 22.5 Å². The van der Waals surface area contributed by atoms with Crippen molar-refractivity contribution in [3.8, 4) is 34.3 Å². The summed E-state index contributed by atoms with van der Waals surface area (Å²) in [5.74, 6) is 1.79. The SMILES string of the molecule is COc1cc(-c2nc(-c3cccc(Cn4nc(C)cc4C)c3)no2)cc(Cl)c1OC. The lowest BCUT2D eigenvalue weighted by Crippen LogP contribution is -2.04. The molecule has 8 heteroatoms. The second-order valence-electron chi connectivity index (χ2n) is 6.90. The standard InChI is InChI=1S/C22H21ClN4O3/c1-13-8-14(2)27(25-13)12-15-6-5-7-16(9-15)21-24-22(30-26-21)17-10-18(23)20(29-4)19(11-17)28-3/h5-11H,12H2,1-4H3. The number of rotatable bonds is 6. The summed E-state index contributed by atoms with van der Waals surface area (Å²) in [5, 5.41) is 9.06. The number of aromatic nitrogens is 4. The quantitative estimate of drug-likeness (QED) is 0.436. The summed E-state index contributed by atoms with van der Waals surface area (Å²) in [5.41, 5.74) is 4.72. The van der Waals surface area contributed by atoms with E-state index in [2.05, 4.69) is 27.4 Å². The first-order chi connectivity index (χ1) is 14.5. The fraction of sp³-hybridized carbons (Fsp3) is 0.227. The van der Waals surface area contributed by atoms with Crippen LogP contribution in [0.2, 0.25) is 5.02 Å². The van der Waals surface area contributed by atoms with E-state index in [1.165, 1.54) is 7.11 Å². The van der Waals surface area contributed by atoms with E-state index in [4.69, 9.17) is 25.6 Å². The number of halogens is 1. The second-order valence-corrected chi connectivity index (χ2v) is 7.31. The van der Waals surface area contributed by atoms with E-state index in [1.807, 2.05) is 36.7 Å². The maximum atomic E-state index is 6.30. The molecule has 0 N–H and O–H groups in total. The molecule has 4 rings (SSSR count). The molecule has 2 heterocycles. The molecule has 2 aromatic heterocycles. The Bertz CT molecular complexity index is 1200. The molecule has 0 aliphatic carbocycles. The molecule has 4 aromatic rings. The molecule has 0 amide bonds. The number of aryl methyl sites for hydroxylation is 2. The number of benzene rings is 2. The Labute approximate surface area is 179 Å². The molecule has 0 saturated carbocycles. The van der Waals surface area contributed by atoms with Crippen LogP contribution in [0.3, 0.4) is 0 Å². The molecule has 0 aliphatic rings. The summed E-state index contributed by atoms with van der Waals surface area (Å²) in [7, 11) is 3.08. The lowest BCUT2D eigenvalue weighted by Gasteiger charge is -2.10. The van der Waals surface area contributed by atoms with Crippen LogP contribution in [-0.2, 0) is 6.54 Å². The smallest absolute Gasteiger partial charge is 0.258 e. The van der Waals surface area contributed by atoms with Gasteiger partial charge in [-0.3, -0.25) is 4.68 Å². The van der Waals surface area contributed by atoms with Gasteiger partial charge in [-0.15, -0.1) is 0 Å². The number of hydrogen-bond acceptors (Lipinski definition) is 6. The number of methoxy groups -OCH3 is 2. The summed E-state index contributed by atoms with van der Waals surface area (Å²) in [6.45, 7) is 4.70. The van der Waals surface area contributed by atoms with E-state index in [1.54, 1.807) is 19.2 Å². The first-order valence-corrected chi connectivity index (χ1v) is 9.72. The van der Waals surface area contributed by atoms with Crippen molar-refractivity contribution < 1.29 is 14.0 Å². The van der Waals surface area contributed by atoms with E-state index < -0.39 is 0 Å². The molecule has 30 heavy (non-hydrogen) atoms. The summed E-state index contributed by atoms with van der Waals surface area (Å²) >= 11 is 6.30. The van der Waals surface area contributed by atoms with Gasteiger partial charge in [0.2, 0.25) is 5.82 Å². The highest BCUT2D eigenvalue weighted by Gasteiger charge is 2.17. The Kier molecular flexibility index (Phi) is 5.46. The molecule has 0 unspecified atom stereocenters. The van der Waals surface area contributed by atoms with Crippen LogP contribution >= 0.6 is 11.6 Å². The maximum absolute atomic E-state index is 6.30. The fourth-order valence-corrected chi connectivity index (χ4v) is 3.60. The third kappa shape index (κ3) is 3.89. The van der Waals surface area contributed by atoms with Crippen molar-refractivity contribution in [2.24, 2.45) is 0 Å². The first kappa shape index (κ1) is 20.0. The van der Waals surface area contributed by atoms with Gasteiger partial charge in [-0.1, -0.05) is 35.0 Å². The van der Waals surface area contributed by atoms with Crippen molar-refractivity contribution in [2.75, 3.05) is 14.2 Å². The summed E-state index contributed by atoms with van der Waals surface area (Å²) in [6, 6.07) is 13.5. The van der Waals surface area contributed by atoms with E-state index in [9.17, 15) is 0 Å². The number of nitrogens with zero attached hydrogens (tertiary/aromatic N) is 4. The van der Waals surface area contributed by atoms with Crippen LogP contribution in [0.1, 0.15) is 17.0 Å². The largest absolute Gasteiger partial charge is 0.493 e. The highest BCUT2D eigenvalue weighted by atomic mass is 35.5. The molecule has 0 fully saturated rings. The fourth-order valence-electron chi connectivity index (χ4n) is 3.32. The normalized spacial score (nSPS) is 11.0. The van der Waals surface area contributed by atoms with E-state index in [-0.39, 0.29) is 0 Å². The van der Waals surface area contributed by atoms with Crippen molar-refractivity contribution in [1.82, 2.24) is 19.9 Å². The Morgan fingerprint density at radius 2 is 1.87 bits per heavy atom. The average molecular weight is 425 g/mol. The predicted octanol–water partition coefficient (Wildman–Crippen LogP) is 4.94. The van der Waals surface area contributed by atoms with Crippen molar-refractivity contribution in [3.63, 3.8) is 0 Å². The number of hydrogen-bond donors (Lipinski definition) is 0. The molecule has 2 aromatic carbocycles. The van der Waals surface area contributed by atoms with Crippen LogP contribution in [0, 0.1) is 13.8 Å². The zero-order valence-electron chi connectivity index (χ0n) is 17.1. The van der Waals surface area contributed by atoms with Crippen molar-refractivity contribution in [3.05, 3.63) is 64.4 Å². The van der Waals surface area contributed by atoms with Gasteiger partial charge in [0.15, 0.2) is 11.5 Å². The van der Waals surface area contributed by atoms with E-state index >= 15 is 0 Å². The monoisotopic (exact) mass is 424 g/mol. The second kappa shape index (κ2) is 8.20. The molecular weight excluding hydrogens is 404 g/mol. The molecule has 0 saturated heterocycles. The molecule has 0 aliphatic heterocycles. The van der Waals surface area contributed by atoms with Crippen LogP contribution in [0.4, 0.5) is 0 Å². The average Bonchev–Trinajstić information content (AvgIpc) is 3.34. The topological polar surface area (TPSA) is 75.2 Å². The van der Waals surface area contributed by atoms with Gasteiger partial charge in [0.25, 0.3) is 5.89 Å². The first-order valence-electron chi connectivity index (χ1n) is 9.34. The Balaban J connectivity index is 1.63. The molecule has 0 radical (unpaired) electrons. The third-order valence-corrected chi connectivity index (χ3v) is 5.01. The van der Waals surface area contributed by atoms with Gasteiger partial charge in [0, 0.05) is 16.8 Å². The van der Waals surface area contributed by atoms with Crippen LogP contribution in [-0.4, -0.2) is 34.1 Å². The molecule has 154 valence electrons. The molecule has 0 spiro atoms. The van der Waals surface area contributed by atoms with Gasteiger partial charge in [-0.2, -0.15) is 10.1 Å². The summed E-state index contributed by atoms with van der Waals surface area (Å²) in [4.78, 5) is 4.54. The predicted molar refractivity (Wildman–Crippen MR) is 114 cm³/mol. The van der Waals surface area contributed by atoms with Gasteiger partial charge in [-0.25, -0.2) is 0 Å². The van der Waals surface area contributed by atoms with Gasteiger partial charge in [0.1, 0.15) is 0 Å². The lowest BCUT2D eigenvalue weighted by atomic mass is 10.1. The minimum atomic E-state index is 0.344. The van der Waals surface area contributed by atoms with Gasteiger partial charge < -0.3 is 14.0 Å². The van der Waals surface area contributed by atoms with Gasteiger partial charge >= 0.3 is 0 Å². The Morgan fingerprint density at radius 3 is 2.57 bits per heavy atom. The van der Waals surface area contributed by atoms with E-state index in [0.29, 0.717) is 40.3 Å². The van der Waals surface area contributed by atoms with Crippen LogP contribution in [0.15, 0.2) is 47.0 Å². The zero-order valence-corrected chi connectivity index (χ0v) is 17.9. The lowest BCUT2D eigenvalue weighted by molar-refractivity contribution is 0.355. The minimum Gasteiger partial charge on any atom is -0.493 e. The highest BCUT2D eigenvalue weighted by molar-refractivity contribution is 6.32. The Hall–Kier alpha value is -3.32. The molecule has 7 nitrogen and oxygen atoms in total. The molecule has 0 bridgehead atoms. The van der Waals surface area contributed by atoms with Crippen molar-refractivity contribution in [1.29, 1.82) is 0 Å². The summed E-state index contributed by atoms with van der Waals surface area (Å²) in [6.07, 6.45) is 0. The molecular formula is C22H21ClN4O3.